The van der Waals surface area contributed by atoms with E-state index in [1.165, 1.54) is 11.1 Å². The first-order valence-electron chi connectivity index (χ1n) is 8.46. The molecule has 3 rings (SSSR count). The van der Waals surface area contributed by atoms with Crippen molar-refractivity contribution in [1.82, 2.24) is 9.80 Å². The first kappa shape index (κ1) is 17.3. The van der Waals surface area contributed by atoms with E-state index in [-0.39, 0.29) is 5.91 Å². The van der Waals surface area contributed by atoms with Crippen LogP contribution in [0.25, 0.3) is 5.57 Å². The van der Waals surface area contributed by atoms with Crippen molar-refractivity contribution in [3.8, 4) is 5.75 Å². The number of ether oxygens (including phenoxy) is 1. The van der Waals surface area contributed by atoms with E-state index in [1.54, 1.807) is 19.6 Å². The predicted octanol–water partition coefficient (Wildman–Crippen LogP) is 3.04. The van der Waals surface area contributed by atoms with Crippen LogP contribution >= 0.6 is 0 Å². The van der Waals surface area contributed by atoms with Gasteiger partial charge in [0.1, 0.15) is 5.75 Å². The quantitative estimate of drug-likeness (QED) is 0.811. The van der Waals surface area contributed by atoms with Gasteiger partial charge in [-0.2, -0.15) is 0 Å². The van der Waals surface area contributed by atoms with Crippen molar-refractivity contribution in [1.29, 1.82) is 0 Å². The molecule has 5 heteroatoms. The van der Waals surface area contributed by atoms with Crippen LogP contribution in [0.1, 0.15) is 17.5 Å². The van der Waals surface area contributed by atoms with Gasteiger partial charge in [-0.05, 0) is 42.8 Å². The zero-order valence-electron chi connectivity index (χ0n) is 14.8. The fourth-order valence-corrected chi connectivity index (χ4v) is 3.04. The van der Waals surface area contributed by atoms with Gasteiger partial charge in [-0.15, -0.1) is 0 Å². The Bertz CT molecular complexity index is 720. The van der Waals surface area contributed by atoms with Crippen molar-refractivity contribution < 1.29 is 13.9 Å². The van der Waals surface area contributed by atoms with Crippen LogP contribution < -0.4 is 4.74 Å². The van der Waals surface area contributed by atoms with Crippen LogP contribution in [0.15, 0.2) is 53.4 Å². The van der Waals surface area contributed by atoms with Gasteiger partial charge in [-0.25, -0.2) is 0 Å². The molecule has 0 fully saturated rings. The van der Waals surface area contributed by atoms with Crippen molar-refractivity contribution in [3.05, 3.63) is 60.1 Å². The van der Waals surface area contributed by atoms with E-state index in [0.29, 0.717) is 19.6 Å². The summed E-state index contributed by atoms with van der Waals surface area (Å²) >= 11 is 0. The minimum Gasteiger partial charge on any atom is -0.497 e. The minimum absolute atomic E-state index is 0.163. The molecule has 25 heavy (non-hydrogen) atoms. The molecule has 0 bridgehead atoms. The van der Waals surface area contributed by atoms with Gasteiger partial charge in [0.25, 0.3) is 0 Å². The van der Waals surface area contributed by atoms with Gasteiger partial charge in [-0.1, -0.05) is 18.2 Å². The standard InChI is InChI=1S/C20H24N2O3/c1-21(13-16-9-12-25-15-16)14-20(23)22-10-7-18(8-11-22)17-3-5-19(24-2)6-4-17/h3-7,9,12,15H,8,10-11,13-14H2,1-2H3. The molecular weight excluding hydrogens is 316 g/mol. The highest BCUT2D eigenvalue weighted by Gasteiger charge is 2.19. The number of rotatable bonds is 6. The summed E-state index contributed by atoms with van der Waals surface area (Å²) in [6.45, 7) is 2.55. The van der Waals surface area contributed by atoms with Crippen molar-refractivity contribution in [2.45, 2.75) is 13.0 Å². The highest BCUT2D eigenvalue weighted by atomic mass is 16.5. The molecule has 5 nitrogen and oxygen atoms in total. The normalized spacial score (nSPS) is 14.5. The lowest BCUT2D eigenvalue weighted by Gasteiger charge is -2.28. The van der Waals surface area contributed by atoms with E-state index in [4.69, 9.17) is 9.15 Å². The molecule has 1 amide bonds. The number of furan rings is 1. The molecule has 0 N–H and O–H groups in total. The minimum atomic E-state index is 0.163. The zero-order valence-corrected chi connectivity index (χ0v) is 14.8. The lowest BCUT2D eigenvalue weighted by atomic mass is 9.99. The summed E-state index contributed by atoms with van der Waals surface area (Å²) in [5.74, 6) is 1.02. The highest BCUT2D eigenvalue weighted by Crippen LogP contribution is 2.24. The van der Waals surface area contributed by atoms with Gasteiger partial charge in [0.2, 0.25) is 5.91 Å². The Balaban J connectivity index is 1.53. The molecule has 2 heterocycles. The number of benzene rings is 1. The topological polar surface area (TPSA) is 45.9 Å². The number of nitrogens with zero attached hydrogens (tertiary/aromatic N) is 2. The van der Waals surface area contributed by atoms with Crippen LogP contribution in [0.2, 0.25) is 0 Å². The maximum absolute atomic E-state index is 12.5. The molecule has 0 unspecified atom stereocenters. The summed E-state index contributed by atoms with van der Waals surface area (Å²) in [7, 11) is 3.62. The molecule has 2 aromatic rings. The van der Waals surface area contributed by atoms with Gasteiger partial charge in [0.15, 0.2) is 0 Å². The largest absolute Gasteiger partial charge is 0.497 e. The Labute approximate surface area is 148 Å². The number of carbonyl (C=O) groups excluding carboxylic acids is 1. The predicted molar refractivity (Wildman–Crippen MR) is 97.2 cm³/mol. The first-order valence-corrected chi connectivity index (χ1v) is 8.46. The third-order valence-corrected chi connectivity index (χ3v) is 4.46. The first-order chi connectivity index (χ1) is 12.2. The van der Waals surface area contributed by atoms with E-state index >= 15 is 0 Å². The maximum atomic E-state index is 12.5. The Hall–Kier alpha value is -2.53. The summed E-state index contributed by atoms with van der Waals surface area (Å²) in [6.07, 6.45) is 6.40. The SMILES string of the molecule is COc1ccc(C2=CCN(C(=O)CN(C)Cc3ccoc3)CC2)cc1. The molecule has 1 aliphatic rings. The third-order valence-electron chi connectivity index (χ3n) is 4.46. The van der Waals surface area contributed by atoms with Gasteiger partial charge in [0.05, 0.1) is 26.2 Å². The molecule has 1 aliphatic heterocycles. The van der Waals surface area contributed by atoms with Crippen molar-refractivity contribution >= 4 is 11.5 Å². The second-order valence-electron chi connectivity index (χ2n) is 6.35. The molecule has 1 aromatic carbocycles. The van der Waals surface area contributed by atoms with Gasteiger partial charge >= 0.3 is 0 Å². The molecule has 132 valence electrons. The lowest BCUT2D eigenvalue weighted by molar-refractivity contribution is -0.131. The van der Waals surface area contributed by atoms with Crippen LogP contribution in [-0.2, 0) is 11.3 Å². The summed E-state index contributed by atoms with van der Waals surface area (Å²) in [6, 6.07) is 10.0. The highest BCUT2D eigenvalue weighted by molar-refractivity contribution is 5.80. The van der Waals surface area contributed by atoms with Crippen molar-refractivity contribution in [3.63, 3.8) is 0 Å². The second kappa shape index (κ2) is 8.03. The van der Waals surface area contributed by atoms with Crippen LogP contribution in [-0.4, -0.2) is 49.5 Å². The maximum Gasteiger partial charge on any atom is 0.237 e. The molecule has 0 radical (unpaired) electrons. The molecule has 0 aliphatic carbocycles. The van der Waals surface area contributed by atoms with E-state index in [9.17, 15) is 4.79 Å². The number of carbonyl (C=O) groups is 1. The Morgan fingerprint density at radius 3 is 2.68 bits per heavy atom. The van der Waals surface area contributed by atoms with E-state index < -0.39 is 0 Å². The summed E-state index contributed by atoms with van der Waals surface area (Å²) < 4.78 is 10.3. The van der Waals surface area contributed by atoms with E-state index in [2.05, 4.69) is 18.2 Å². The van der Waals surface area contributed by atoms with Crippen LogP contribution in [0.3, 0.4) is 0 Å². The van der Waals surface area contributed by atoms with Gasteiger partial charge in [0, 0.05) is 25.2 Å². The third kappa shape index (κ3) is 4.51. The number of hydrogen-bond acceptors (Lipinski definition) is 4. The van der Waals surface area contributed by atoms with Crippen LogP contribution in [0.5, 0.6) is 5.75 Å². The van der Waals surface area contributed by atoms with Crippen LogP contribution in [0, 0.1) is 0 Å². The lowest BCUT2D eigenvalue weighted by Crippen LogP contribution is -2.40. The number of amides is 1. The van der Waals surface area contributed by atoms with Crippen molar-refractivity contribution in [2.75, 3.05) is 33.8 Å². The van der Waals surface area contributed by atoms with Gasteiger partial charge < -0.3 is 14.1 Å². The van der Waals surface area contributed by atoms with E-state index in [0.717, 1.165) is 24.3 Å². The number of hydrogen-bond donors (Lipinski definition) is 0. The molecule has 0 atom stereocenters. The summed E-state index contributed by atoms with van der Waals surface area (Å²) in [5.41, 5.74) is 3.57. The number of methoxy groups -OCH3 is 1. The average molecular weight is 340 g/mol. The molecular formula is C20H24N2O3. The Kier molecular flexibility index (Phi) is 5.56. The second-order valence-corrected chi connectivity index (χ2v) is 6.35. The summed E-state index contributed by atoms with van der Waals surface area (Å²) in [4.78, 5) is 16.4. The van der Waals surface area contributed by atoms with E-state index in [1.807, 2.05) is 35.0 Å². The van der Waals surface area contributed by atoms with Crippen LogP contribution in [0.4, 0.5) is 0 Å². The molecule has 0 saturated carbocycles. The van der Waals surface area contributed by atoms with Gasteiger partial charge in [-0.3, -0.25) is 9.69 Å². The Morgan fingerprint density at radius 2 is 2.08 bits per heavy atom. The molecule has 0 spiro atoms. The zero-order chi connectivity index (χ0) is 17.6. The smallest absolute Gasteiger partial charge is 0.237 e. The summed E-state index contributed by atoms with van der Waals surface area (Å²) in [5, 5.41) is 0. The molecule has 0 saturated heterocycles. The average Bonchev–Trinajstić information content (AvgIpc) is 3.14. The monoisotopic (exact) mass is 340 g/mol. The fraction of sp³-hybridized carbons (Fsp3) is 0.350. The Morgan fingerprint density at radius 1 is 1.28 bits per heavy atom. The number of likely N-dealkylation sites (N-methyl/N-ethyl adjacent to an activating group) is 1. The molecule has 1 aromatic heterocycles. The van der Waals surface area contributed by atoms with Crippen molar-refractivity contribution in [2.24, 2.45) is 0 Å². The fourth-order valence-electron chi connectivity index (χ4n) is 3.04.